The first-order chi connectivity index (χ1) is 10.1. The molecule has 1 aliphatic rings. The zero-order chi connectivity index (χ0) is 15.4. The number of rotatable bonds is 3. The van der Waals surface area contributed by atoms with E-state index in [1.54, 1.807) is 11.0 Å². The summed E-state index contributed by atoms with van der Waals surface area (Å²) in [6.07, 6.45) is 1.12. The van der Waals surface area contributed by atoms with Crippen molar-refractivity contribution in [1.82, 2.24) is 5.32 Å². The summed E-state index contributed by atoms with van der Waals surface area (Å²) in [5.74, 6) is -1.57. The van der Waals surface area contributed by atoms with Gasteiger partial charge in [0.05, 0.1) is 11.6 Å². The molecule has 0 unspecified atom stereocenters. The number of amides is 1. The summed E-state index contributed by atoms with van der Waals surface area (Å²) < 4.78 is 27.9. The van der Waals surface area contributed by atoms with Crippen molar-refractivity contribution in [3.63, 3.8) is 0 Å². The molecule has 21 heavy (non-hydrogen) atoms. The number of nitriles is 1. The van der Waals surface area contributed by atoms with Crippen LogP contribution in [0.25, 0.3) is 0 Å². The lowest BCUT2D eigenvalue weighted by molar-refractivity contribution is -0.125. The molecule has 1 aromatic rings. The van der Waals surface area contributed by atoms with Crippen molar-refractivity contribution >= 4 is 11.6 Å². The molecule has 2 rings (SSSR count). The Morgan fingerprint density at radius 3 is 2.43 bits per heavy atom. The molecule has 0 saturated carbocycles. The van der Waals surface area contributed by atoms with Gasteiger partial charge in [0.1, 0.15) is 5.69 Å². The minimum Gasteiger partial charge on any atom is -0.367 e. The number of hydrogen-bond donors (Lipinski definition) is 1. The molecule has 0 aliphatic carbocycles. The van der Waals surface area contributed by atoms with Gasteiger partial charge in [-0.25, -0.2) is 8.78 Å². The normalized spacial score (nSPS) is 15.6. The number of nitrogens with zero attached hydrogens (tertiary/aromatic N) is 2. The molecule has 1 amide bonds. The van der Waals surface area contributed by atoms with E-state index in [0.717, 1.165) is 12.1 Å². The Morgan fingerprint density at radius 2 is 1.95 bits per heavy atom. The molecule has 1 aliphatic heterocycles. The lowest BCUT2D eigenvalue weighted by atomic mass is 9.95. The molecule has 0 atom stereocenters. The maximum absolute atomic E-state index is 13.9. The van der Waals surface area contributed by atoms with Gasteiger partial charge in [-0.15, -0.1) is 0 Å². The Labute approximate surface area is 122 Å². The molecule has 4 nitrogen and oxygen atoms in total. The van der Waals surface area contributed by atoms with Crippen molar-refractivity contribution in [3.05, 3.63) is 29.3 Å². The van der Waals surface area contributed by atoms with Crippen LogP contribution in [0.15, 0.2) is 12.1 Å². The fraction of sp³-hybridized carbons (Fsp3) is 0.467. The average molecular weight is 293 g/mol. The van der Waals surface area contributed by atoms with E-state index in [0.29, 0.717) is 32.5 Å². The van der Waals surface area contributed by atoms with Crippen LogP contribution in [0.1, 0.15) is 25.3 Å². The van der Waals surface area contributed by atoms with E-state index in [4.69, 9.17) is 5.26 Å². The van der Waals surface area contributed by atoms with Gasteiger partial charge in [0, 0.05) is 25.6 Å². The molecule has 1 saturated heterocycles. The van der Waals surface area contributed by atoms with Gasteiger partial charge in [-0.1, -0.05) is 0 Å². The van der Waals surface area contributed by atoms with Crippen LogP contribution in [0.3, 0.4) is 0 Å². The number of hydrogen-bond acceptors (Lipinski definition) is 3. The van der Waals surface area contributed by atoms with E-state index < -0.39 is 11.6 Å². The van der Waals surface area contributed by atoms with Gasteiger partial charge in [-0.3, -0.25) is 4.79 Å². The third kappa shape index (κ3) is 3.30. The highest BCUT2D eigenvalue weighted by Crippen LogP contribution is 2.29. The van der Waals surface area contributed by atoms with Crippen molar-refractivity contribution in [2.75, 3.05) is 24.5 Å². The highest BCUT2D eigenvalue weighted by molar-refractivity contribution is 5.78. The third-order valence-electron chi connectivity index (χ3n) is 3.68. The van der Waals surface area contributed by atoms with Gasteiger partial charge in [0.15, 0.2) is 11.6 Å². The van der Waals surface area contributed by atoms with Crippen LogP contribution < -0.4 is 10.2 Å². The first-order valence-electron chi connectivity index (χ1n) is 6.98. The second-order valence-corrected chi connectivity index (χ2v) is 5.06. The molecule has 112 valence electrons. The zero-order valence-corrected chi connectivity index (χ0v) is 11.8. The molecule has 1 heterocycles. The Balaban J connectivity index is 2.09. The van der Waals surface area contributed by atoms with Crippen LogP contribution >= 0.6 is 0 Å². The molecule has 0 aromatic heterocycles. The Hall–Kier alpha value is -2.16. The summed E-state index contributed by atoms with van der Waals surface area (Å²) in [7, 11) is 0. The van der Waals surface area contributed by atoms with E-state index in [1.807, 2.05) is 6.92 Å². The minimum atomic E-state index is -0.733. The summed E-state index contributed by atoms with van der Waals surface area (Å²) in [6, 6.07) is 3.80. The van der Waals surface area contributed by atoms with Crippen molar-refractivity contribution in [1.29, 1.82) is 5.26 Å². The monoisotopic (exact) mass is 293 g/mol. The quantitative estimate of drug-likeness (QED) is 0.929. The summed E-state index contributed by atoms with van der Waals surface area (Å²) >= 11 is 0. The van der Waals surface area contributed by atoms with E-state index in [1.165, 1.54) is 0 Å². The van der Waals surface area contributed by atoms with Gasteiger partial charge < -0.3 is 10.2 Å². The predicted molar refractivity (Wildman–Crippen MR) is 74.7 cm³/mol. The van der Waals surface area contributed by atoms with Gasteiger partial charge in [-0.2, -0.15) is 5.26 Å². The number of piperidine rings is 1. The molecule has 1 N–H and O–H groups in total. The fourth-order valence-corrected chi connectivity index (χ4v) is 2.62. The van der Waals surface area contributed by atoms with Gasteiger partial charge >= 0.3 is 0 Å². The van der Waals surface area contributed by atoms with Crippen LogP contribution in [0.4, 0.5) is 14.5 Å². The lowest BCUT2D eigenvalue weighted by Gasteiger charge is -2.33. The maximum Gasteiger partial charge on any atom is 0.223 e. The number of benzene rings is 1. The Kier molecular flexibility index (Phi) is 4.73. The van der Waals surface area contributed by atoms with Gasteiger partial charge in [0.25, 0.3) is 0 Å². The van der Waals surface area contributed by atoms with Crippen LogP contribution in [0.2, 0.25) is 0 Å². The highest BCUT2D eigenvalue weighted by Gasteiger charge is 2.27. The number of halogens is 2. The van der Waals surface area contributed by atoms with E-state index in [9.17, 15) is 13.6 Å². The summed E-state index contributed by atoms with van der Waals surface area (Å²) in [4.78, 5) is 13.3. The molecule has 0 bridgehead atoms. The maximum atomic E-state index is 13.9. The summed E-state index contributed by atoms with van der Waals surface area (Å²) in [5.41, 5.74) is -0.144. The SMILES string of the molecule is CCNC(=O)C1CCN(c2c(F)cc(C#N)cc2F)CC1. The molecule has 0 radical (unpaired) electrons. The highest BCUT2D eigenvalue weighted by atomic mass is 19.1. The lowest BCUT2D eigenvalue weighted by Crippen LogP contribution is -2.41. The summed E-state index contributed by atoms with van der Waals surface area (Å²) in [5, 5.41) is 11.5. The second-order valence-electron chi connectivity index (χ2n) is 5.06. The van der Waals surface area contributed by atoms with Crippen LogP contribution in [0.5, 0.6) is 0 Å². The van der Waals surface area contributed by atoms with Gasteiger partial charge in [0.2, 0.25) is 5.91 Å². The van der Waals surface area contributed by atoms with Crippen molar-refractivity contribution < 1.29 is 13.6 Å². The van der Waals surface area contributed by atoms with Gasteiger partial charge in [-0.05, 0) is 31.9 Å². The number of carbonyl (C=O) groups is 1. The number of carbonyl (C=O) groups excluding carboxylic acids is 1. The van der Waals surface area contributed by atoms with E-state index in [-0.39, 0.29) is 23.1 Å². The Morgan fingerprint density at radius 1 is 1.38 bits per heavy atom. The van der Waals surface area contributed by atoms with Crippen LogP contribution in [0, 0.1) is 28.9 Å². The molecular formula is C15H17F2N3O. The molecular weight excluding hydrogens is 276 g/mol. The average Bonchev–Trinajstić information content (AvgIpc) is 2.47. The fourth-order valence-electron chi connectivity index (χ4n) is 2.62. The second kappa shape index (κ2) is 6.53. The van der Waals surface area contributed by atoms with E-state index >= 15 is 0 Å². The molecule has 1 aromatic carbocycles. The number of nitrogens with one attached hydrogen (secondary N) is 1. The van der Waals surface area contributed by atoms with Crippen molar-refractivity contribution in [2.45, 2.75) is 19.8 Å². The molecule has 0 spiro atoms. The van der Waals surface area contributed by atoms with Crippen LogP contribution in [-0.2, 0) is 4.79 Å². The van der Waals surface area contributed by atoms with E-state index in [2.05, 4.69) is 5.32 Å². The predicted octanol–water partition coefficient (Wildman–Crippen LogP) is 2.19. The molecule has 1 fully saturated rings. The Bertz CT molecular complexity index is 552. The third-order valence-corrected chi connectivity index (χ3v) is 3.68. The zero-order valence-electron chi connectivity index (χ0n) is 11.8. The van der Waals surface area contributed by atoms with Crippen molar-refractivity contribution in [3.8, 4) is 6.07 Å². The number of anilines is 1. The largest absolute Gasteiger partial charge is 0.367 e. The minimum absolute atomic E-state index is 0.00192. The first-order valence-corrected chi connectivity index (χ1v) is 6.98. The topological polar surface area (TPSA) is 56.1 Å². The standard InChI is InChI=1S/C15H17F2N3O/c1-2-19-15(21)11-3-5-20(6-4-11)14-12(16)7-10(9-18)8-13(14)17/h7-8,11H,2-6H2,1H3,(H,19,21). The van der Waals surface area contributed by atoms with Crippen LogP contribution in [-0.4, -0.2) is 25.5 Å². The molecule has 6 heteroatoms. The van der Waals surface area contributed by atoms with Crippen molar-refractivity contribution in [2.24, 2.45) is 5.92 Å². The summed E-state index contributed by atoms with van der Waals surface area (Å²) in [6.45, 7) is 3.27. The smallest absolute Gasteiger partial charge is 0.223 e. The first kappa shape index (κ1) is 15.2.